The molecule has 0 fully saturated rings. The first kappa shape index (κ1) is 17.3. The molecular weight excluding hydrogens is 330 g/mol. The maximum atomic E-state index is 6.48. The summed E-state index contributed by atoms with van der Waals surface area (Å²) in [4.78, 5) is 4.80. The summed E-state index contributed by atoms with van der Waals surface area (Å²) in [5.41, 5.74) is 5.13. The normalized spacial score (nSPS) is 13.4. The fourth-order valence-corrected chi connectivity index (χ4v) is 3.19. The number of fused-ring (bicyclic) bond motifs is 1. The van der Waals surface area contributed by atoms with Gasteiger partial charge in [-0.3, -0.25) is 0 Å². The van der Waals surface area contributed by atoms with E-state index in [4.69, 9.17) is 9.73 Å². The summed E-state index contributed by atoms with van der Waals surface area (Å²) >= 11 is 0. The van der Waals surface area contributed by atoms with Gasteiger partial charge in [0.2, 0.25) is 5.90 Å². The Morgan fingerprint density at radius 3 is 1.78 bits per heavy atom. The summed E-state index contributed by atoms with van der Waals surface area (Å²) < 4.78 is 6.48. The number of ether oxygens (including phenoxy) is 1. The molecular formula is C25H23NO. The van der Waals surface area contributed by atoms with Crippen molar-refractivity contribution in [3.63, 3.8) is 0 Å². The predicted octanol–water partition coefficient (Wildman–Crippen LogP) is 6.71. The van der Waals surface area contributed by atoms with Crippen molar-refractivity contribution in [1.82, 2.24) is 0 Å². The van der Waals surface area contributed by atoms with Crippen molar-refractivity contribution in [2.75, 3.05) is 0 Å². The lowest BCUT2D eigenvalue weighted by atomic mass is 9.91. The van der Waals surface area contributed by atoms with Crippen molar-refractivity contribution in [3.8, 4) is 0 Å². The molecule has 0 saturated heterocycles. The monoisotopic (exact) mass is 353 g/mol. The third-order valence-electron chi connectivity index (χ3n) is 4.56. The molecule has 4 rings (SSSR count). The summed E-state index contributed by atoms with van der Waals surface area (Å²) in [6, 6.07) is 29.0. The summed E-state index contributed by atoms with van der Waals surface area (Å²) in [5, 5.41) is 0. The van der Waals surface area contributed by atoms with Crippen LogP contribution in [-0.4, -0.2) is 5.90 Å². The molecule has 1 heterocycles. The molecule has 134 valence electrons. The molecule has 1 aliphatic rings. The van der Waals surface area contributed by atoms with E-state index in [0.717, 1.165) is 39.6 Å². The Morgan fingerprint density at radius 2 is 1.22 bits per heavy atom. The summed E-state index contributed by atoms with van der Waals surface area (Å²) in [7, 11) is 0. The Balaban J connectivity index is 2.03. The second-order valence-electron chi connectivity index (χ2n) is 7.72. The lowest BCUT2D eigenvalue weighted by Gasteiger charge is -2.29. The van der Waals surface area contributed by atoms with Crippen LogP contribution in [0.1, 0.15) is 37.5 Å². The Hall–Kier alpha value is -3.13. The van der Waals surface area contributed by atoms with Gasteiger partial charge >= 0.3 is 0 Å². The van der Waals surface area contributed by atoms with Crippen LogP contribution in [0.2, 0.25) is 0 Å². The maximum absolute atomic E-state index is 6.48. The van der Waals surface area contributed by atoms with Gasteiger partial charge in [0, 0.05) is 16.6 Å². The largest absolute Gasteiger partial charge is 0.441 e. The second kappa shape index (κ2) is 6.88. The molecule has 0 spiro atoms. The van der Waals surface area contributed by atoms with Gasteiger partial charge in [-0.15, -0.1) is 0 Å². The minimum atomic E-state index is -0.183. The molecule has 27 heavy (non-hydrogen) atoms. The molecule has 3 aromatic carbocycles. The number of aliphatic imine (C=N–C) groups is 1. The number of rotatable bonds is 2. The van der Waals surface area contributed by atoms with Crippen LogP contribution >= 0.6 is 0 Å². The Bertz CT molecular complexity index is 967. The van der Waals surface area contributed by atoms with Crippen molar-refractivity contribution >= 4 is 22.9 Å². The van der Waals surface area contributed by atoms with E-state index in [9.17, 15) is 0 Å². The lowest BCUT2D eigenvalue weighted by Crippen LogP contribution is -2.25. The van der Waals surface area contributed by atoms with E-state index in [1.807, 2.05) is 24.3 Å². The van der Waals surface area contributed by atoms with Gasteiger partial charge in [0.15, 0.2) is 0 Å². The van der Waals surface area contributed by atoms with Gasteiger partial charge in [-0.2, -0.15) is 0 Å². The molecule has 0 aromatic heterocycles. The summed E-state index contributed by atoms with van der Waals surface area (Å²) in [6.07, 6.45) is 0. The first-order valence-electron chi connectivity index (χ1n) is 9.25. The lowest BCUT2D eigenvalue weighted by molar-refractivity contribution is 0.403. The van der Waals surface area contributed by atoms with Crippen molar-refractivity contribution < 1.29 is 4.74 Å². The van der Waals surface area contributed by atoms with Gasteiger partial charge in [-0.05, 0) is 23.3 Å². The fourth-order valence-electron chi connectivity index (χ4n) is 3.19. The third-order valence-corrected chi connectivity index (χ3v) is 4.56. The van der Waals surface area contributed by atoms with E-state index in [2.05, 4.69) is 81.4 Å². The minimum Gasteiger partial charge on any atom is -0.441 e. The SMILES string of the molecule is CC(C)(C)C1=Nc2ccccc2C(=C(c2ccccc2)c2ccccc2)O1. The molecule has 3 aromatic rings. The maximum Gasteiger partial charge on any atom is 0.200 e. The first-order chi connectivity index (χ1) is 13.0. The number of nitrogens with zero attached hydrogens (tertiary/aromatic N) is 1. The van der Waals surface area contributed by atoms with Crippen LogP contribution in [0, 0.1) is 5.41 Å². The standard InChI is InChI=1S/C25H23NO/c1-25(2,3)24-26-21-17-11-10-16-20(21)23(27-24)22(18-12-6-4-7-13-18)19-14-8-5-9-15-19/h4-17H,1-3H3. The van der Waals surface area contributed by atoms with Gasteiger partial charge in [-0.1, -0.05) is 93.6 Å². The van der Waals surface area contributed by atoms with Crippen molar-refractivity contribution in [2.45, 2.75) is 20.8 Å². The van der Waals surface area contributed by atoms with Crippen molar-refractivity contribution in [1.29, 1.82) is 0 Å². The molecule has 1 aliphatic heterocycles. The van der Waals surface area contributed by atoms with Crippen LogP contribution in [0.5, 0.6) is 0 Å². The van der Waals surface area contributed by atoms with E-state index in [1.54, 1.807) is 0 Å². The van der Waals surface area contributed by atoms with Crippen molar-refractivity contribution in [2.24, 2.45) is 10.4 Å². The first-order valence-corrected chi connectivity index (χ1v) is 9.25. The second-order valence-corrected chi connectivity index (χ2v) is 7.72. The van der Waals surface area contributed by atoms with Crippen molar-refractivity contribution in [3.05, 3.63) is 102 Å². The van der Waals surface area contributed by atoms with Gasteiger partial charge in [0.1, 0.15) is 5.76 Å². The predicted molar refractivity (Wildman–Crippen MR) is 113 cm³/mol. The van der Waals surface area contributed by atoms with Crippen LogP contribution in [0.25, 0.3) is 11.3 Å². The molecule has 0 radical (unpaired) electrons. The van der Waals surface area contributed by atoms with E-state index < -0.39 is 0 Å². The molecule has 0 atom stereocenters. The number of benzene rings is 3. The van der Waals surface area contributed by atoms with Gasteiger partial charge in [-0.25, -0.2) is 4.99 Å². The highest BCUT2D eigenvalue weighted by molar-refractivity contribution is 6.04. The van der Waals surface area contributed by atoms with Crippen LogP contribution in [0.4, 0.5) is 5.69 Å². The van der Waals surface area contributed by atoms with Crippen LogP contribution < -0.4 is 0 Å². The van der Waals surface area contributed by atoms with E-state index >= 15 is 0 Å². The zero-order valence-electron chi connectivity index (χ0n) is 15.9. The Kier molecular flexibility index (Phi) is 4.41. The van der Waals surface area contributed by atoms with E-state index in [-0.39, 0.29) is 5.41 Å². The molecule has 2 heteroatoms. The fraction of sp³-hybridized carbons (Fsp3) is 0.160. The van der Waals surface area contributed by atoms with Gasteiger partial charge in [0.25, 0.3) is 0 Å². The average Bonchev–Trinajstić information content (AvgIpc) is 2.69. The molecule has 0 bridgehead atoms. The molecule has 0 N–H and O–H groups in total. The number of hydrogen-bond acceptors (Lipinski definition) is 2. The molecule has 2 nitrogen and oxygen atoms in total. The molecule has 0 amide bonds. The smallest absolute Gasteiger partial charge is 0.200 e. The highest BCUT2D eigenvalue weighted by Gasteiger charge is 2.30. The average molecular weight is 353 g/mol. The number of hydrogen-bond donors (Lipinski definition) is 0. The third kappa shape index (κ3) is 3.43. The highest BCUT2D eigenvalue weighted by Crippen LogP contribution is 2.41. The van der Waals surface area contributed by atoms with Gasteiger partial charge in [0.05, 0.1) is 5.69 Å². The Labute approximate surface area is 160 Å². The Morgan fingerprint density at radius 1 is 0.704 bits per heavy atom. The molecule has 0 saturated carbocycles. The topological polar surface area (TPSA) is 21.6 Å². The minimum absolute atomic E-state index is 0.183. The van der Waals surface area contributed by atoms with E-state index in [1.165, 1.54) is 0 Å². The zero-order valence-corrected chi connectivity index (χ0v) is 15.9. The number of para-hydroxylation sites is 1. The summed E-state index contributed by atoms with van der Waals surface area (Å²) in [6.45, 7) is 6.38. The van der Waals surface area contributed by atoms with Crippen LogP contribution in [0.15, 0.2) is 89.9 Å². The molecule has 0 aliphatic carbocycles. The molecule has 0 unspecified atom stereocenters. The van der Waals surface area contributed by atoms with Crippen LogP contribution in [-0.2, 0) is 4.74 Å². The van der Waals surface area contributed by atoms with E-state index in [0.29, 0.717) is 0 Å². The zero-order chi connectivity index (χ0) is 18.9. The van der Waals surface area contributed by atoms with Crippen LogP contribution in [0.3, 0.4) is 0 Å². The summed E-state index contributed by atoms with van der Waals surface area (Å²) in [5.74, 6) is 1.60. The highest BCUT2D eigenvalue weighted by atomic mass is 16.5. The van der Waals surface area contributed by atoms with Gasteiger partial charge < -0.3 is 4.74 Å². The quantitative estimate of drug-likeness (QED) is 0.502.